The van der Waals surface area contributed by atoms with Crippen molar-refractivity contribution in [2.45, 2.75) is 32.7 Å². The van der Waals surface area contributed by atoms with Gasteiger partial charge in [-0.15, -0.1) is 0 Å². The third kappa shape index (κ3) is 5.04. The van der Waals surface area contributed by atoms with Crippen LogP contribution in [0.2, 0.25) is 0 Å². The average Bonchev–Trinajstić information content (AvgIpc) is 3.03. The maximum absolute atomic E-state index is 5.36. The highest BCUT2D eigenvalue weighted by atomic mass is 16.5. The zero-order valence-electron chi connectivity index (χ0n) is 16.9. The molecule has 1 aromatic carbocycles. The molecule has 0 atom stereocenters. The summed E-state index contributed by atoms with van der Waals surface area (Å²) < 4.78 is 7.50. The third-order valence-corrected chi connectivity index (χ3v) is 4.62. The Hall–Kier alpha value is -2.43. The van der Waals surface area contributed by atoms with Gasteiger partial charge in [-0.05, 0) is 36.8 Å². The highest BCUT2D eigenvalue weighted by molar-refractivity contribution is 5.79. The van der Waals surface area contributed by atoms with Gasteiger partial charge in [0.15, 0.2) is 5.96 Å². The Morgan fingerprint density at radius 3 is 2.65 bits per heavy atom. The van der Waals surface area contributed by atoms with E-state index in [4.69, 9.17) is 9.73 Å². The van der Waals surface area contributed by atoms with E-state index < -0.39 is 0 Å². The number of benzene rings is 1. The Morgan fingerprint density at radius 1 is 1.27 bits per heavy atom. The standard InChI is InChI=1S/C21H32N4O/c1-7-22-20(25(5)15-18-11-9-13-24(18)4)23-16-21(2,3)17-10-8-12-19(14-17)26-6/h8-14H,7,15-16H2,1-6H3,(H,22,23). The van der Waals surface area contributed by atoms with Crippen molar-refractivity contribution >= 4 is 5.96 Å². The van der Waals surface area contributed by atoms with E-state index in [9.17, 15) is 0 Å². The highest BCUT2D eigenvalue weighted by Gasteiger charge is 2.21. The number of hydrogen-bond donors (Lipinski definition) is 1. The van der Waals surface area contributed by atoms with Crippen molar-refractivity contribution in [2.24, 2.45) is 12.0 Å². The first-order chi connectivity index (χ1) is 12.4. The maximum atomic E-state index is 5.36. The smallest absolute Gasteiger partial charge is 0.194 e. The Balaban J connectivity index is 2.15. The lowest BCUT2D eigenvalue weighted by Gasteiger charge is -2.27. The first-order valence-corrected chi connectivity index (χ1v) is 9.11. The van der Waals surface area contributed by atoms with Crippen LogP contribution in [0.4, 0.5) is 0 Å². The van der Waals surface area contributed by atoms with E-state index in [2.05, 4.69) is 80.1 Å². The molecule has 2 rings (SSSR count). The number of aromatic nitrogens is 1. The van der Waals surface area contributed by atoms with Gasteiger partial charge >= 0.3 is 0 Å². The number of guanidine groups is 1. The van der Waals surface area contributed by atoms with Crippen LogP contribution < -0.4 is 10.1 Å². The summed E-state index contributed by atoms with van der Waals surface area (Å²) in [5.74, 6) is 1.80. The quantitative estimate of drug-likeness (QED) is 0.611. The Bertz CT molecular complexity index is 733. The number of nitrogens with one attached hydrogen (secondary N) is 1. The number of aryl methyl sites for hydroxylation is 1. The third-order valence-electron chi connectivity index (χ3n) is 4.62. The number of nitrogens with zero attached hydrogens (tertiary/aromatic N) is 3. The molecule has 0 aliphatic rings. The van der Waals surface area contributed by atoms with Gasteiger partial charge in [0.2, 0.25) is 0 Å². The number of aliphatic imine (C=N–C) groups is 1. The minimum atomic E-state index is -0.0823. The van der Waals surface area contributed by atoms with Crippen LogP contribution in [0.3, 0.4) is 0 Å². The lowest BCUT2D eigenvalue weighted by molar-refractivity contribution is 0.412. The van der Waals surface area contributed by atoms with Crippen LogP contribution in [0.25, 0.3) is 0 Å². The second kappa shape index (κ2) is 8.79. The molecule has 1 heterocycles. The molecule has 0 bridgehead atoms. The van der Waals surface area contributed by atoms with E-state index in [0.717, 1.165) is 24.8 Å². The first kappa shape index (κ1) is 19.9. The molecule has 0 radical (unpaired) electrons. The minimum absolute atomic E-state index is 0.0823. The Labute approximate surface area is 157 Å². The van der Waals surface area contributed by atoms with E-state index in [0.29, 0.717) is 6.54 Å². The SMILES string of the molecule is CCNC(=NCC(C)(C)c1cccc(OC)c1)N(C)Cc1cccn1C. The summed E-state index contributed by atoms with van der Waals surface area (Å²) in [5, 5.41) is 3.40. The normalized spacial score (nSPS) is 12.2. The Morgan fingerprint density at radius 2 is 2.04 bits per heavy atom. The van der Waals surface area contributed by atoms with Gasteiger partial charge in [-0.1, -0.05) is 26.0 Å². The van der Waals surface area contributed by atoms with Gasteiger partial charge in [0.1, 0.15) is 5.75 Å². The molecule has 1 aromatic heterocycles. The van der Waals surface area contributed by atoms with Crippen molar-refractivity contribution in [1.29, 1.82) is 0 Å². The molecule has 26 heavy (non-hydrogen) atoms. The fraction of sp³-hybridized carbons (Fsp3) is 0.476. The van der Waals surface area contributed by atoms with Crippen LogP contribution in [-0.2, 0) is 19.0 Å². The van der Waals surface area contributed by atoms with Gasteiger partial charge in [0, 0.05) is 37.9 Å². The second-order valence-corrected chi connectivity index (χ2v) is 7.25. The van der Waals surface area contributed by atoms with E-state index in [-0.39, 0.29) is 5.41 Å². The zero-order valence-corrected chi connectivity index (χ0v) is 16.9. The Kier molecular flexibility index (Phi) is 6.72. The lowest BCUT2D eigenvalue weighted by atomic mass is 9.84. The number of rotatable bonds is 7. The average molecular weight is 357 g/mol. The van der Waals surface area contributed by atoms with Gasteiger partial charge in [0.25, 0.3) is 0 Å². The van der Waals surface area contributed by atoms with Crippen LogP contribution in [0.15, 0.2) is 47.6 Å². The molecule has 0 saturated heterocycles. The highest BCUT2D eigenvalue weighted by Crippen LogP contribution is 2.26. The van der Waals surface area contributed by atoms with Crippen LogP contribution in [0.5, 0.6) is 5.75 Å². The molecular formula is C21H32N4O. The van der Waals surface area contributed by atoms with Gasteiger partial charge < -0.3 is 19.5 Å². The predicted octanol–water partition coefficient (Wildman–Crippen LogP) is 3.41. The molecule has 0 aliphatic carbocycles. The molecule has 0 saturated carbocycles. The molecule has 0 unspecified atom stereocenters. The summed E-state index contributed by atoms with van der Waals surface area (Å²) in [6.07, 6.45) is 2.07. The summed E-state index contributed by atoms with van der Waals surface area (Å²) in [4.78, 5) is 7.08. The molecule has 2 aromatic rings. The van der Waals surface area contributed by atoms with Crippen LogP contribution >= 0.6 is 0 Å². The number of ether oxygens (including phenoxy) is 1. The van der Waals surface area contributed by atoms with E-state index in [1.165, 1.54) is 11.3 Å². The van der Waals surface area contributed by atoms with Crippen LogP contribution in [0.1, 0.15) is 32.0 Å². The molecular weight excluding hydrogens is 324 g/mol. The van der Waals surface area contributed by atoms with Crippen LogP contribution in [0, 0.1) is 0 Å². The minimum Gasteiger partial charge on any atom is -0.497 e. The molecule has 1 N–H and O–H groups in total. The summed E-state index contributed by atoms with van der Waals surface area (Å²) >= 11 is 0. The maximum Gasteiger partial charge on any atom is 0.194 e. The molecule has 0 aliphatic heterocycles. The fourth-order valence-corrected chi connectivity index (χ4v) is 2.86. The monoisotopic (exact) mass is 356 g/mol. The van der Waals surface area contributed by atoms with Crippen molar-refractivity contribution in [2.75, 3.05) is 27.2 Å². The summed E-state index contributed by atoms with van der Waals surface area (Å²) in [6.45, 7) is 8.88. The van der Waals surface area contributed by atoms with Crippen molar-refractivity contribution in [1.82, 2.24) is 14.8 Å². The van der Waals surface area contributed by atoms with Crippen molar-refractivity contribution in [3.63, 3.8) is 0 Å². The molecule has 5 heteroatoms. The van der Waals surface area contributed by atoms with Gasteiger partial charge in [-0.2, -0.15) is 0 Å². The molecule has 142 valence electrons. The van der Waals surface area contributed by atoms with Crippen molar-refractivity contribution in [3.05, 3.63) is 53.9 Å². The predicted molar refractivity (Wildman–Crippen MR) is 109 cm³/mol. The van der Waals surface area contributed by atoms with Crippen molar-refractivity contribution < 1.29 is 4.74 Å². The van der Waals surface area contributed by atoms with E-state index in [1.807, 2.05) is 12.1 Å². The molecule has 5 nitrogen and oxygen atoms in total. The number of hydrogen-bond acceptors (Lipinski definition) is 2. The largest absolute Gasteiger partial charge is 0.497 e. The molecule has 0 spiro atoms. The van der Waals surface area contributed by atoms with Gasteiger partial charge in [-0.25, -0.2) is 0 Å². The van der Waals surface area contributed by atoms with Gasteiger partial charge in [-0.3, -0.25) is 4.99 Å². The summed E-state index contributed by atoms with van der Waals surface area (Å²) in [6, 6.07) is 12.4. The van der Waals surface area contributed by atoms with Crippen LogP contribution in [-0.4, -0.2) is 42.7 Å². The second-order valence-electron chi connectivity index (χ2n) is 7.25. The van der Waals surface area contributed by atoms with E-state index in [1.54, 1.807) is 7.11 Å². The summed E-state index contributed by atoms with van der Waals surface area (Å²) in [7, 11) is 5.85. The zero-order chi connectivity index (χ0) is 19.2. The lowest BCUT2D eigenvalue weighted by Crippen LogP contribution is -2.39. The van der Waals surface area contributed by atoms with E-state index >= 15 is 0 Å². The first-order valence-electron chi connectivity index (χ1n) is 9.11. The molecule has 0 fully saturated rings. The number of methoxy groups -OCH3 is 1. The fourth-order valence-electron chi connectivity index (χ4n) is 2.86. The molecule has 0 amide bonds. The van der Waals surface area contributed by atoms with Crippen molar-refractivity contribution in [3.8, 4) is 5.75 Å². The van der Waals surface area contributed by atoms with Gasteiger partial charge in [0.05, 0.1) is 20.2 Å². The summed E-state index contributed by atoms with van der Waals surface area (Å²) in [5.41, 5.74) is 2.40. The topological polar surface area (TPSA) is 41.8 Å².